The van der Waals surface area contributed by atoms with E-state index in [4.69, 9.17) is 0 Å². The molecule has 4 rings (SSSR count). The molecule has 0 radical (unpaired) electrons. The monoisotopic (exact) mass is 500 g/mol. The molecule has 0 spiro atoms. The Bertz CT molecular complexity index is 1330. The number of nitrogens with zero attached hydrogens (tertiary/aromatic N) is 4. The van der Waals surface area contributed by atoms with Gasteiger partial charge in [0.1, 0.15) is 16.3 Å². The van der Waals surface area contributed by atoms with Crippen LogP contribution in [0.2, 0.25) is 0 Å². The summed E-state index contributed by atoms with van der Waals surface area (Å²) in [7, 11) is -4.57. The number of aromatic hydroxyl groups is 1. The number of para-hydroxylation sites is 1. The van der Waals surface area contributed by atoms with Crippen LogP contribution >= 0.6 is 0 Å². The van der Waals surface area contributed by atoms with Crippen LogP contribution in [0.4, 0.5) is 11.4 Å². The van der Waals surface area contributed by atoms with Crippen LogP contribution in [-0.2, 0) is 32.3 Å². The van der Waals surface area contributed by atoms with Crippen molar-refractivity contribution < 1.29 is 40.2 Å². The number of carbonyl (C=O) groups excluding carboxylic acids is 1. The SMILES string of the molecule is CC1=NN(c2ccccc2)C(=O)C1N=Nc1c(O)cc(S(=O)(=O)O)c2ccccc12.[Cr].[NaH]. The second kappa shape index (κ2) is 10.2. The van der Waals surface area contributed by atoms with E-state index in [0.717, 1.165) is 6.07 Å². The summed E-state index contributed by atoms with van der Waals surface area (Å²) in [6, 6.07) is 15.0. The molecule has 0 aromatic heterocycles. The van der Waals surface area contributed by atoms with E-state index in [2.05, 4.69) is 15.3 Å². The number of hydrogen-bond donors (Lipinski definition) is 2. The van der Waals surface area contributed by atoms with Crippen molar-refractivity contribution in [2.45, 2.75) is 17.9 Å². The molecule has 0 saturated heterocycles. The first kappa shape index (κ1) is 26.2. The quantitative estimate of drug-likeness (QED) is 0.323. The molecule has 9 nitrogen and oxygen atoms in total. The molecular weight excluding hydrogens is 483 g/mol. The molecule has 12 heteroatoms. The number of phenolic OH excluding ortho intramolecular Hbond substituents is 1. The average Bonchev–Trinajstić information content (AvgIpc) is 3.00. The van der Waals surface area contributed by atoms with Gasteiger partial charge in [-0.25, -0.2) is 0 Å². The first-order valence-corrected chi connectivity index (χ1v) is 10.3. The summed E-state index contributed by atoms with van der Waals surface area (Å²) in [4.78, 5) is 12.3. The molecule has 0 aliphatic carbocycles. The number of azo groups is 1. The Hall–Kier alpha value is -2.10. The molecule has 0 fully saturated rings. The zero-order valence-corrected chi connectivity index (χ0v) is 18.2. The molecule has 1 heterocycles. The molecule has 160 valence electrons. The summed E-state index contributed by atoms with van der Waals surface area (Å²) in [5.41, 5.74) is 0.994. The van der Waals surface area contributed by atoms with Gasteiger partial charge in [-0.2, -0.15) is 28.8 Å². The van der Waals surface area contributed by atoms with Gasteiger partial charge in [-0.05, 0) is 19.1 Å². The van der Waals surface area contributed by atoms with Gasteiger partial charge in [0, 0.05) is 34.2 Å². The number of amides is 1. The van der Waals surface area contributed by atoms with E-state index in [9.17, 15) is 22.9 Å². The number of benzene rings is 3. The van der Waals surface area contributed by atoms with E-state index in [1.165, 1.54) is 17.1 Å². The molecule has 0 saturated carbocycles. The van der Waals surface area contributed by atoms with E-state index < -0.39 is 32.7 Å². The number of fused-ring (bicyclic) bond motifs is 1. The van der Waals surface area contributed by atoms with Crippen LogP contribution in [0.1, 0.15) is 6.92 Å². The van der Waals surface area contributed by atoms with E-state index in [1.807, 2.05) is 6.07 Å². The number of phenols is 1. The maximum atomic E-state index is 12.8. The van der Waals surface area contributed by atoms with Gasteiger partial charge in [0.05, 0.1) is 11.4 Å². The molecule has 1 aliphatic heterocycles. The van der Waals surface area contributed by atoms with E-state index in [0.29, 0.717) is 11.4 Å². The van der Waals surface area contributed by atoms with Crippen molar-refractivity contribution in [3.63, 3.8) is 0 Å². The van der Waals surface area contributed by atoms with Crippen molar-refractivity contribution in [1.82, 2.24) is 0 Å². The van der Waals surface area contributed by atoms with Gasteiger partial charge >= 0.3 is 29.6 Å². The van der Waals surface area contributed by atoms with Gasteiger partial charge in [-0.3, -0.25) is 9.35 Å². The topological polar surface area (TPSA) is 132 Å². The van der Waals surface area contributed by atoms with E-state index in [-0.39, 0.29) is 63.4 Å². The zero-order valence-electron chi connectivity index (χ0n) is 16.1. The summed E-state index contributed by atoms with van der Waals surface area (Å²) < 4.78 is 32.8. The molecule has 3 aromatic rings. The van der Waals surface area contributed by atoms with Crippen molar-refractivity contribution >= 4 is 73.4 Å². The fraction of sp³-hybridized carbons (Fsp3) is 0.100. The molecule has 3 aromatic carbocycles. The fourth-order valence-electron chi connectivity index (χ4n) is 3.19. The number of anilines is 1. The van der Waals surface area contributed by atoms with Gasteiger partial charge in [0.2, 0.25) is 0 Å². The minimum absolute atomic E-state index is 0. The normalized spacial score (nSPS) is 16.1. The molecule has 2 N–H and O–H groups in total. The van der Waals surface area contributed by atoms with Crippen LogP contribution in [0.5, 0.6) is 5.75 Å². The van der Waals surface area contributed by atoms with Gasteiger partial charge in [-0.1, -0.05) is 42.5 Å². The Kier molecular flexibility index (Phi) is 8.36. The molecule has 1 amide bonds. The van der Waals surface area contributed by atoms with Crippen molar-refractivity contribution in [3.8, 4) is 5.75 Å². The van der Waals surface area contributed by atoms with Crippen LogP contribution in [0, 0.1) is 0 Å². The summed E-state index contributed by atoms with van der Waals surface area (Å²) in [5.74, 6) is -0.897. The van der Waals surface area contributed by atoms with E-state index >= 15 is 0 Å². The second-order valence-corrected chi connectivity index (χ2v) is 8.00. The predicted octanol–water partition coefficient (Wildman–Crippen LogP) is 3.02. The van der Waals surface area contributed by atoms with Crippen molar-refractivity contribution in [1.29, 1.82) is 0 Å². The molecule has 1 unspecified atom stereocenters. The van der Waals surface area contributed by atoms with Gasteiger partial charge in [0.25, 0.3) is 16.0 Å². The molecule has 32 heavy (non-hydrogen) atoms. The maximum absolute atomic E-state index is 12.8. The first-order chi connectivity index (χ1) is 14.3. The standard InChI is InChI=1S/C20H16N4O5S.Cr.Na.H/c1-12-18(20(26)24(23-12)13-7-3-2-4-8-13)21-22-19-15-10-6-5-9-14(15)17(11-16(19)25)30(27,28)29;;;/h2-11,18,25H,1H3,(H,27,28,29);;;. The third-order valence-corrected chi connectivity index (χ3v) is 5.50. The Morgan fingerprint density at radius 2 is 1.62 bits per heavy atom. The van der Waals surface area contributed by atoms with Crippen LogP contribution < -0.4 is 5.01 Å². The average molecular weight is 500 g/mol. The summed E-state index contributed by atoms with van der Waals surface area (Å²) in [6.45, 7) is 1.64. The Morgan fingerprint density at radius 1 is 1.03 bits per heavy atom. The summed E-state index contributed by atoms with van der Waals surface area (Å²) in [5, 5.41) is 24.3. The van der Waals surface area contributed by atoms with Crippen LogP contribution in [0.25, 0.3) is 10.8 Å². The molecule has 0 bridgehead atoms. The van der Waals surface area contributed by atoms with Crippen molar-refractivity contribution in [2.75, 3.05) is 5.01 Å². The van der Waals surface area contributed by atoms with Crippen LogP contribution in [0.15, 0.2) is 80.9 Å². The minimum atomic E-state index is -4.57. The Balaban J connectivity index is 0.00000181. The Morgan fingerprint density at radius 3 is 2.25 bits per heavy atom. The van der Waals surface area contributed by atoms with Crippen LogP contribution in [-0.4, -0.2) is 65.3 Å². The summed E-state index contributed by atoms with van der Waals surface area (Å²) in [6.07, 6.45) is 0. The first-order valence-electron chi connectivity index (χ1n) is 8.84. The molecular formula is C20H17CrN4NaO5S. The molecule has 1 atom stereocenters. The van der Waals surface area contributed by atoms with Crippen molar-refractivity contribution in [3.05, 3.63) is 60.7 Å². The second-order valence-electron chi connectivity index (χ2n) is 6.61. The van der Waals surface area contributed by atoms with Gasteiger partial charge in [-0.15, -0.1) is 0 Å². The predicted molar refractivity (Wildman–Crippen MR) is 118 cm³/mol. The third kappa shape index (κ3) is 4.95. The number of rotatable bonds is 4. The third-order valence-electron chi connectivity index (χ3n) is 4.61. The summed E-state index contributed by atoms with van der Waals surface area (Å²) >= 11 is 0. The number of hydrazone groups is 1. The van der Waals surface area contributed by atoms with Gasteiger partial charge < -0.3 is 5.11 Å². The Labute approximate surface area is 217 Å². The molecule has 1 aliphatic rings. The fourth-order valence-corrected chi connectivity index (χ4v) is 3.91. The number of hydrogen-bond acceptors (Lipinski definition) is 7. The number of carbonyl (C=O) groups is 1. The van der Waals surface area contributed by atoms with Crippen LogP contribution in [0.3, 0.4) is 0 Å². The van der Waals surface area contributed by atoms with Crippen molar-refractivity contribution in [2.24, 2.45) is 15.3 Å². The zero-order chi connectivity index (χ0) is 21.5. The van der Waals surface area contributed by atoms with Gasteiger partial charge in [0.15, 0.2) is 6.04 Å². The van der Waals surface area contributed by atoms with E-state index in [1.54, 1.807) is 43.3 Å².